The minimum atomic E-state index is -3.96. The monoisotopic (exact) mass is 530 g/mol. The highest BCUT2D eigenvalue weighted by atomic mass is 32.2. The third kappa shape index (κ3) is 6.44. The zero-order valence-electron chi connectivity index (χ0n) is 21.6. The molecule has 0 bridgehead atoms. The number of amides is 1. The zero-order valence-corrected chi connectivity index (χ0v) is 22.4. The largest absolute Gasteiger partial charge is 0.370 e. The SMILES string of the molecule is CCN(CC)C(=O)[C@@H]1CCCN(c2ccccc2/C=N\Nc2ccc([N+](=O)[O-])cc2S(=O)(=O)N(C)C)C1. The zero-order chi connectivity index (χ0) is 27.2. The minimum absolute atomic E-state index is 0.0734. The lowest BCUT2D eigenvalue weighted by Gasteiger charge is -2.36. The number of carbonyl (C=O) groups is 1. The summed E-state index contributed by atoms with van der Waals surface area (Å²) >= 11 is 0. The molecule has 200 valence electrons. The molecule has 0 spiro atoms. The van der Waals surface area contributed by atoms with Crippen molar-refractivity contribution in [3.05, 3.63) is 58.1 Å². The van der Waals surface area contributed by atoms with E-state index in [0.29, 0.717) is 19.6 Å². The van der Waals surface area contributed by atoms with Crippen molar-refractivity contribution in [3.63, 3.8) is 0 Å². The number of hydrogen-bond donors (Lipinski definition) is 1. The van der Waals surface area contributed by atoms with Gasteiger partial charge in [-0.15, -0.1) is 0 Å². The smallest absolute Gasteiger partial charge is 0.270 e. The van der Waals surface area contributed by atoms with E-state index in [1.807, 2.05) is 43.0 Å². The molecule has 2 aromatic rings. The molecule has 1 heterocycles. The molecule has 3 rings (SSSR count). The van der Waals surface area contributed by atoms with Crippen molar-refractivity contribution in [3.8, 4) is 0 Å². The molecule has 0 saturated carbocycles. The van der Waals surface area contributed by atoms with Gasteiger partial charge in [0.25, 0.3) is 5.69 Å². The van der Waals surface area contributed by atoms with Gasteiger partial charge >= 0.3 is 0 Å². The predicted molar refractivity (Wildman–Crippen MR) is 144 cm³/mol. The molecule has 37 heavy (non-hydrogen) atoms. The van der Waals surface area contributed by atoms with E-state index in [1.165, 1.54) is 26.2 Å². The van der Waals surface area contributed by atoms with Gasteiger partial charge < -0.3 is 9.80 Å². The standard InChI is InChI=1S/C25H34N6O5S/c1-5-29(6-2)25(32)20-11-9-15-30(18-20)23-12-8-7-10-19(23)17-26-27-22-14-13-21(31(33)34)16-24(22)37(35,36)28(3)4/h7-8,10,12-14,16-17,20,27H,5-6,9,11,15,18H2,1-4H3/b26-17-/t20-/m1/s1. The van der Waals surface area contributed by atoms with E-state index in [0.717, 1.165) is 41.0 Å². The highest BCUT2D eigenvalue weighted by Crippen LogP contribution is 2.29. The van der Waals surface area contributed by atoms with Gasteiger partial charge in [-0.2, -0.15) is 5.10 Å². The van der Waals surface area contributed by atoms with Crippen LogP contribution in [-0.4, -0.2) is 74.9 Å². The van der Waals surface area contributed by atoms with Crippen LogP contribution in [0.1, 0.15) is 32.3 Å². The van der Waals surface area contributed by atoms with Gasteiger partial charge in [-0.05, 0) is 38.8 Å². The first-order valence-electron chi connectivity index (χ1n) is 12.2. The first-order valence-corrected chi connectivity index (χ1v) is 13.7. The number of nitrogens with zero attached hydrogens (tertiary/aromatic N) is 5. The van der Waals surface area contributed by atoms with Crippen LogP contribution in [0.2, 0.25) is 0 Å². The maximum Gasteiger partial charge on any atom is 0.270 e. The summed E-state index contributed by atoms with van der Waals surface area (Å²) in [4.78, 5) is 27.3. The lowest BCUT2D eigenvalue weighted by molar-refractivity contribution is -0.385. The van der Waals surface area contributed by atoms with Gasteiger partial charge in [0.05, 0.1) is 22.7 Å². The van der Waals surface area contributed by atoms with Crippen molar-refractivity contribution < 1.29 is 18.1 Å². The van der Waals surface area contributed by atoms with E-state index in [9.17, 15) is 23.3 Å². The van der Waals surface area contributed by atoms with E-state index in [1.54, 1.807) is 6.21 Å². The molecule has 1 aliphatic rings. The Morgan fingerprint density at radius 2 is 1.92 bits per heavy atom. The second-order valence-electron chi connectivity index (χ2n) is 8.95. The molecule has 0 radical (unpaired) electrons. The molecule has 12 heteroatoms. The number of nitro benzene ring substituents is 1. The first kappa shape index (κ1) is 28.1. The Labute approximate surface area is 217 Å². The number of para-hydroxylation sites is 1. The molecule has 1 aliphatic heterocycles. The number of hydrazone groups is 1. The van der Waals surface area contributed by atoms with E-state index in [-0.39, 0.29) is 28.1 Å². The van der Waals surface area contributed by atoms with E-state index >= 15 is 0 Å². The van der Waals surface area contributed by atoms with Crippen LogP contribution in [0, 0.1) is 16.0 Å². The molecule has 1 saturated heterocycles. The maximum atomic E-state index is 12.9. The number of sulfonamides is 1. The van der Waals surface area contributed by atoms with Crippen LogP contribution in [0.5, 0.6) is 0 Å². The lowest BCUT2D eigenvalue weighted by atomic mass is 9.95. The molecule has 0 aromatic heterocycles. The minimum Gasteiger partial charge on any atom is -0.370 e. The number of nitro groups is 1. The quantitative estimate of drug-likeness (QED) is 0.283. The molecule has 1 fully saturated rings. The maximum absolute atomic E-state index is 12.9. The van der Waals surface area contributed by atoms with E-state index in [2.05, 4.69) is 15.4 Å². The van der Waals surface area contributed by atoms with Crippen LogP contribution in [0.3, 0.4) is 0 Å². The topological polar surface area (TPSA) is 128 Å². The van der Waals surface area contributed by atoms with Crippen molar-refractivity contribution in [2.24, 2.45) is 11.0 Å². The van der Waals surface area contributed by atoms with Crippen LogP contribution < -0.4 is 10.3 Å². The van der Waals surface area contributed by atoms with Gasteiger partial charge in [-0.3, -0.25) is 20.3 Å². The summed E-state index contributed by atoms with van der Waals surface area (Å²) in [5, 5.41) is 15.5. The molecule has 1 atom stereocenters. The normalized spacial score (nSPS) is 16.2. The molecule has 1 N–H and O–H groups in total. The summed E-state index contributed by atoms with van der Waals surface area (Å²) in [6.07, 6.45) is 3.33. The molecule has 0 aliphatic carbocycles. The summed E-state index contributed by atoms with van der Waals surface area (Å²) < 4.78 is 26.5. The molecular weight excluding hydrogens is 496 g/mol. The van der Waals surface area contributed by atoms with Gasteiger partial charge in [-0.25, -0.2) is 12.7 Å². The number of benzene rings is 2. The number of piperidine rings is 1. The van der Waals surface area contributed by atoms with Gasteiger partial charge in [-0.1, -0.05) is 18.2 Å². The summed E-state index contributed by atoms with van der Waals surface area (Å²) in [5.41, 5.74) is 4.25. The molecule has 0 unspecified atom stereocenters. The number of hydrogen-bond acceptors (Lipinski definition) is 8. The second kappa shape index (κ2) is 12.2. The number of rotatable bonds is 10. The summed E-state index contributed by atoms with van der Waals surface area (Å²) in [6, 6.07) is 11.2. The fourth-order valence-corrected chi connectivity index (χ4v) is 5.43. The van der Waals surface area contributed by atoms with Crippen LogP contribution in [0.4, 0.5) is 17.1 Å². The fraction of sp³-hybridized carbons (Fsp3) is 0.440. The number of non-ortho nitro benzene ring substituents is 1. The van der Waals surface area contributed by atoms with E-state index < -0.39 is 14.9 Å². The molecule has 11 nitrogen and oxygen atoms in total. The van der Waals surface area contributed by atoms with Gasteiger partial charge in [0.2, 0.25) is 15.9 Å². The third-order valence-electron chi connectivity index (χ3n) is 6.45. The Morgan fingerprint density at radius 3 is 2.57 bits per heavy atom. The average Bonchev–Trinajstić information content (AvgIpc) is 2.89. The van der Waals surface area contributed by atoms with Crippen molar-refractivity contribution >= 4 is 39.2 Å². The molecular formula is C25H34N6O5S. The van der Waals surface area contributed by atoms with E-state index in [4.69, 9.17) is 0 Å². The number of nitrogens with one attached hydrogen (secondary N) is 1. The predicted octanol–water partition coefficient (Wildman–Crippen LogP) is 3.38. The Morgan fingerprint density at radius 1 is 1.22 bits per heavy atom. The molecule has 2 aromatic carbocycles. The van der Waals surface area contributed by atoms with Crippen molar-refractivity contribution in [2.45, 2.75) is 31.6 Å². The van der Waals surface area contributed by atoms with Crippen LogP contribution >= 0.6 is 0 Å². The highest BCUT2D eigenvalue weighted by Gasteiger charge is 2.29. The average molecular weight is 531 g/mol. The molecule has 1 amide bonds. The Kier molecular flexibility index (Phi) is 9.22. The number of anilines is 2. The van der Waals surface area contributed by atoms with Crippen molar-refractivity contribution in [2.75, 3.05) is 50.6 Å². The van der Waals surface area contributed by atoms with Crippen molar-refractivity contribution in [1.82, 2.24) is 9.21 Å². The highest BCUT2D eigenvalue weighted by molar-refractivity contribution is 7.89. The third-order valence-corrected chi connectivity index (χ3v) is 8.30. The van der Waals surface area contributed by atoms with Crippen LogP contribution in [-0.2, 0) is 14.8 Å². The van der Waals surface area contributed by atoms with Gasteiger partial charge in [0.1, 0.15) is 4.90 Å². The van der Waals surface area contributed by atoms with Gasteiger partial charge in [0, 0.05) is 63.7 Å². The summed E-state index contributed by atoms with van der Waals surface area (Å²) in [7, 11) is -1.25. The fourth-order valence-electron chi connectivity index (χ4n) is 4.37. The summed E-state index contributed by atoms with van der Waals surface area (Å²) in [6.45, 7) is 6.78. The Balaban J connectivity index is 1.85. The first-order chi connectivity index (χ1) is 17.6. The van der Waals surface area contributed by atoms with Gasteiger partial charge in [0.15, 0.2) is 0 Å². The van der Waals surface area contributed by atoms with Crippen LogP contribution in [0.15, 0.2) is 52.5 Å². The lowest BCUT2D eigenvalue weighted by Crippen LogP contribution is -2.45. The van der Waals surface area contributed by atoms with Crippen LogP contribution in [0.25, 0.3) is 0 Å². The second-order valence-corrected chi connectivity index (χ2v) is 11.1. The van der Waals surface area contributed by atoms with Crippen molar-refractivity contribution in [1.29, 1.82) is 0 Å². The Hall–Kier alpha value is -3.51. The number of carbonyl (C=O) groups excluding carboxylic acids is 1. The summed E-state index contributed by atoms with van der Waals surface area (Å²) in [5.74, 6) is 0.103. The Bertz CT molecular complexity index is 1260.